The highest BCUT2D eigenvalue weighted by Gasteiger charge is 2.45. The van der Waals surface area contributed by atoms with Crippen LogP contribution in [-0.4, -0.2) is 22.8 Å². The van der Waals surface area contributed by atoms with Gasteiger partial charge in [-0.25, -0.2) is 0 Å². The van der Waals surface area contributed by atoms with Crippen molar-refractivity contribution in [2.75, 3.05) is 7.05 Å². The van der Waals surface area contributed by atoms with E-state index in [2.05, 4.69) is 33.0 Å². The van der Waals surface area contributed by atoms with E-state index in [9.17, 15) is 4.79 Å². The summed E-state index contributed by atoms with van der Waals surface area (Å²) >= 11 is 3.50. The second kappa shape index (κ2) is 6.21. The third-order valence-electron chi connectivity index (χ3n) is 4.48. The Hall–Kier alpha value is -1.68. The first kappa shape index (κ1) is 15.2. The Labute approximate surface area is 139 Å². The molecule has 3 rings (SSSR count). The number of pyridine rings is 1. The number of rotatable bonds is 4. The number of benzene rings is 1. The van der Waals surface area contributed by atoms with Crippen molar-refractivity contribution in [3.05, 3.63) is 64.4 Å². The molecule has 22 heavy (non-hydrogen) atoms. The average molecular weight is 359 g/mol. The van der Waals surface area contributed by atoms with Crippen LogP contribution >= 0.6 is 15.9 Å². The predicted octanol–water partition coefficient (Wildman–Crippen LogP) is 4.17. The fourth-order valence-electron chi connectivity index (χ4n) is 2.87. The number of hydrogen-bond acceptors (Lipinski definition) is 2. The van der Waals surface area contributed by atoms with Crippen molar-refractivity contribution in [2.24, 2.45) is 5.92 Å². The van der Waals surface area contributed by atoms with Gasteiger partial charge in [0.05, 0.1) is 6.04 Å². The molecule has 0 unspecified atom stereocenters. The predicted molar refractivity (Wildman–Crippen MR) is 90.4 cm³/mol. The van der Waals surface area contributed by atoms with Crippen molar-refractivity contribution in [2.45, 2.75) is 25.3 Å². The lowest BCUT2D eigenvalue weighted by molar-refractivity contribution is -0.133. The quantitative estimate of drug-likeness (QED) is 0.821. The number of carbonyl (C=O) groups excluding carboxylic acids is 1. The SMILES string of the molecule is C[C@H](c1cccnc1)N(C)C(=O)[C@@H]1C[C@H]1c1cccc(Br)c1. The summed E-state index contributed by atoms with van der Waals surface area (Å²) in [6.07, 6.45) is 4.52. The highest BCUT2D eigenvalue weighted by molar-refractivity contribution is 9.10. The summed E-state index contributed by atoms with van der Waals surface area (Å²) in [7, 11) is 1.89. The minimum absolute atomic E-state index is 0.0463. The Morgan fingerprint density at radius 1 is 1.36 bits per heavy atom. The van der Waals surface area contributed by atoms with E-state index in [4.69, 9.17) is 0 Å². The van der Waals surface area contributed by atoms with Gasteiger partial charge in [-0.2, -0.15) is 0 Å². The lowest BCUT2D eigenvalue weighted by atomic mass is 10.1. The summed E-state index contributed by atoms with van der Waals surface area (Å²) in [5, 5.41) is 0. The zero-order valence-electron chi connectivity index (χ0n) is 12.7. The van der Waals surface area contributed by atoms with Crippen LogP contribution in [0.5, 0.6) is 0 Å². The molecule has 0 spiro atoms. The largest absolute Gasteiger partial charge is 0.339 e. The summed E-state index contributed by atoms with van der Waals surface area (Å²) in [5.41, 5.74) is 2.31. The van der Waals surface area contributed by atoms with Gasteiger partial charge < -0.3 is 4.90 Å². The number of nitrogens with zero attached hydrogens (tertiary/aromatic N) is 2. The lowest BCUT2D eigenvalue weighted by Gasteiger charge is -2.25. The van der Waals surface area contributed by atoms with E-state index in [-0.39, 0.29) is 17.9 Å². The maximum absolute atomic E-state index is 12.7. The van der Waals surface area contributed by atoms with Crippen LogP contribution in [0.15, 0.2) is 53.3 Å². The molecule has 4 heteroatoms. The normalized spacial score (nSPS) is 21.2. The van der Waals surface area contributed by atoms with Gasteiger partial charge in [-0.15, -0.1) is 0 Å². The molecule has 1 fully saturated rings. The van der Waals surface area contributed by atoms with Crippen molar-refractivity contribution in [3.8, 4) is 0 Å². The number of aromatic nitrogens is 1. The third-order valence-corrected chi connectivity index (χ3v) is 4.97. The van der Waals surface area contributed by atoms with Gasteiger partial charge in [0.1, 0.15) is 0 Å². The smallest absolute Gasteiger partial charge is 0.226 e. The molecule has 2 aromatic rings. The van der Waals surface area contributed by atoms with Crippen molar-refractivity contribution in [3.63, 3.8) is 0 Å². The van der Waals surface area contributed by atoms with E-state index in [0.29, 0.717) is 5.92 Å². The van der Waals surface area contributed by atoms with E-state index in [1.165, 1.54) is 5.56 Å². The molecule has 1 amide bonds. The van der Waals surface area contributed by atoms with Crippen LogP contribution in [0.2, 0.25) is 0 Å². The fraction of sp³-hybridized carbons (Fsp3) is 0.333. The highest BCUT2D eigenvalue weighted by atomic mass is 79.9. The maximum Gasteiger partial charge on any atom is 0.226 e. The van der Waals surface area contributed by atoms with Gasteiger partial charge in [0.15, 0.2) is 0 Å². The van der Waals surface area contributed by atoms with Crippen molar-refractivity contribution in [1.29, 1.82) is 0 Å². The lowest BCUT2D eigenvalue weighted by Crippen LogP contribution is -2.31. The molecule has 1 aromatic carbocycles. The van der Waals surface area contributed by atoms with Crippen LogP contribution in [0.4, 0.5) is 0 Å². The van der Waals surface area contributed by atoms with Crippen LogP contribution < -0.4 is 0 Å². The standard InChI is InChI=1S/C18H19BrN2O/c1-12(14-6-4-8-20-11-14)21(2)18(22)17-10-16(17)13-5-3-7-15(19)9-13/h3-9,11-12,16-17H,10H2,1-2H3/t12-,16+,17-/m1/s1. The van der Waals surface area contributed by atoms with Crippen LogP contribution in [0.3, 0.4) is 0 Å². The Morgan fingerprint density at radius 2 is 2.18 bits per heavy atom. The van der Waals surface area contributed by atoms with E-state index >= 15 is 0 Å². The summed E-state index contributed by atoms with van der Waals surface area (Å²) < 4.78 is 1.07. The molecule has 1 heterocycles. The molecule has 0 radical (unpaired) electrons. The second-order valence-electron chi connectivity index (χ2n) is 5.92. The Kier molecular flexibility index (Phi) is 4.30. The second-order valence-corrected chi connectivity index (χ2v) is 6.83. The highest BCUT2D eigenvalue weighted by Crippen LogP contribution is 2.49. The molecule has 1 saturated carbocycles. The Balaban J connectivity index is 1.68. The first-order valence-corrected chi connectivity index (χ1v) is 8.29. The Morgan fingerprint density at radius 3 is 2.86 bits per heavy atom. The van der Waals surface area contributed by atoms with Crippen molar-refractivity contribution in [1.82, 2.24) is 9.88 Å². The van der Waals surface area contributed by atoms with Crippen molar-refractivity contribution < 1.29 is 4.79 Å². The fourth-order valence-corrected chi connectivity index (χ4v) is 3.29. The van der Waals surface area contributed by atoms with E-state index in [0.717, 1.165) is 16.5 Å². The molecule has 1 aromatic heterocycles. The average Bonchev–Trinajstić information content (AvgIpc) is 3.34. The molecule has 3 atom stereocenters. The van der Waals surface area contributed by atoms with E-state index in [1.54, 1.807) is 6.20 Å². The summed E-state index contributed by atoms with van der Waals surface area (Å²) in [5.74, 6) is 0.688. The number of carbonyl (C=O) groups is 1. The Bertz CT molecular complexity index is 674. The minimum Gasteiger partial charge on any atom is -0.339 e. The van der Waals surface area contributed by atoms with E-state index in [1.807, 2.05) is 49.3 Å². The van der Waals surface area contributed by atoms with Crippen LogP contribution in [0.1, 0.15) is 36.4 Å². The van der Waals surface area contributed by atoms with Gasteiger partial charge in [0.2, 0.25) is 5.91 Å². The zero-order valence-corrected chi connectivity index (χ0v) is 14.3. The minimum atomic E-state index is 0.0463. The molecule has 0 aliphatic heterocycles. The molecule has 0 saturated heterocycles. The molecule has 114 valence electrons. The molecular weight excluding hydrogens is 340 g/mol. The van der Waals surface area contributed by atoms with Crippen LogP contribution in [0, 0.1) is 5.92 Å². The number of amides is 1. The molecule has 1 aliphatic carbocycles. The summed E-state index contributed by atoms with van der Waals surface area (Å²) in [6.45, 7) is 2.05. The topological polar surface area (TPSA) is 33.2 Å². The maximum atomic E-state index is 12.7. The first-order chi connectivity index (χ1) is 10.6. The van der Waals surface area contributed by atoms with Gasteiger partial charge >= 0.3 is 0 Å². The van der Waals surface area contributed by atoms with E-state index < -0.39 is 0 Å². The first-order valence-electron chi connectivity index (χ1n) is 7.50. The van der Waals surface area contributed by atoms with Gasteiger partial charge in [0.25, 0.3) is 0 Å². The monoisotopic (exact) mass is 358 g/mol. The van der Waals surface area contributed by atoms with Gasteiger partial charge in [0, 0.05) is 29.8 Å². The molecule has 0 bridgehead atoms. The molecular formula is C18H19BrN2O. The number of halogens is 1. The van der Waals surface area contributed by atoms with Gasteiger partial charge in [-0.05, 0) is 48.6 Å². The molecule has 1 aliphatic rings. The summed E-state index contributed by atoms with van der Waals surface area (Å²) in [4.78, 5) is 18.7. The summed E-state index contributed by atoms with van der Waals surface area (Å²) in [6, 6.07) is 12.2. The third kappa shape index (κ3) is 3.07. The van der Waals surface area contributed by atoms with Gasteiger partial charge in [-0.1, -0.05) is 34.1 Å². The molecule has 0 N–H and O–H groups in total. The van der Waals surface area contributed by atoms with Crippen LogP contribution in [0.25, 0.3) is 0 Å². The molecule has 3 nitrogen and oxygen atoms in total. The number of hydrogen-bond donors (Lipinski definition) is 0. The van der Waals surface area contributed by atoms with Gasteiger partial charge in [-0.3, -0.25) is 9.78 Å². The van der Waals surface area contributed by atoms with Crippen molar-refractivity contribution >= 4 is 21.8 Å². The van der Waals surface area contributed by atoms with Crippen LogP contribution in [-0.2, 0) is 4.79 Å². The zero-order chi connectivity index (χ0) is 15.7.